The lowest BCUT2D eigenvalue weighted by molar-refractivity contribution is 0.369. The van der Waals surface area contributed by atoms with Crippen LogP contribution in [0.1, 0.15) is 43.1 Å². The van der Waals surface area contributed by atoms with Crippen LogP contribution in [0, 0.1) is 0 Å². The lowest BCUT2D eigenvalue weighted by Gasteiger charge is -2.22. The Morgan fingerprint density at radius 1 is 1.39 bits per heavy atom. The molecule has 2 heteroatoms. The third-order valence-corrected chi connectivity index (χ3v) is 3.48. The van der Waals surface area contributed by atoms with Crippen LogP contribution in [-0.2, 0) is 0 Å². The van der Waals surface area contributed by atoms with Gasteiger partial charge in [0.05, 0.1) is 11.4 Å². The van der Waals surface area contributed by atoms with E-state index in [-0.39, 0.29) is 0 Å². The van der Waals surface area contributed by atoms with Crippen LogP contribution in [0.4, 0.5) is 0 Å². The average molecular weight is 242 g/mol. The van der Waals surface area contributed by atoms with E-state index in [4.69, 9.17) is 0 Å². The fraction of sp³-hybridized carbons (Fsp3) is 0.438. The maximum absolute atomic E-state index is 4.68. The van der Waals surface area contributed by atoms with Gasteiger partial charge in [0.2, 0.25) is 0 Å². The van der Waals surface area contributed by atoms with Crippen LogP contribution in [0.3, 0.4) is 0 Å². The molecule has 2 heterocycles. The minimum Gasteiger partial charge on any atom is -0.302 e. The van der Waals surface area contributed by atoms with Crippen LogP contribution >= 0.6 is 0 Å². The Morgan fingerprint density at radius 3 is 2.72 bits per heavy atom. The summed E-state index contributed by atoms with van der Waals surface area (Å²) in [5.41, 5.74) is 4.83. The molecule has 0 aliphatic carbocycles. The molecule has 0 spiro atoms. The zero-order chi connectivity index (χ0) is 13.1. The smallest absolute Gasteiger partial charge is 0.0669 e. The predicted molar refractivity (Wildman–Crippen MR) is 78.5 cm³/mol. The van der Waals surface area contributed by atoms with Crippen LogP contribution in [0.2, 0.25) is 0 Å². The first kappa shape index (κ1) is 13.0. The van der Waals surface area contributed by atoms with Crippen LogP contribution in [0.5, 0.6) is 0 Å². The van der Waals surface area contributed by atoms with Crippen molar-refractivity contribution >= 4 is 11.6 Å². The highest BCUT2D eigenvalue weighted by Gasteiger charge is 2.12. The summed E-state index contributed by atoms with van der Waals surface area (Å²) in [5, 5.41) is 0. The third-order valence-electron chi connectivity index (χ3n) is 3.48. The van der Waals surface area contributed by atoms with Crippen molar-refractivity contribution in [2.45, 2.75) is 26.2 Å². The van der Waals surface area contributed by atoms with Crippen molar-refractivity contribution in [2.24, 2.45) is 0 Å². The van der Waals surface area contributed by atoms with Gasteiger partial charge in [0.25, 0.3) is 0 Å². The van der Waals surface area contributed by atoms with Crippen molar-refractivity contribution in [3.8, 4) is 0 Å². The van der Waals surface area contributed by atoms with E-state index in [1.165, 1.54) is 11.1 Å². The zero-order valence-corrected chi connectivity index (χ0v) is 11.6. The molecule has 0 unspecified atom stereocenters. The molecule has 0 N–H and O–H groups in total. The van der Waals surface area contributed by atoms with Gasteiger partial charge in [0, 0.05) is 13.1 Å². The molecule has 0 saturated carbocycles. The molecule has 1 aliphatic heterocycles. The average Bonchev–Trinajstić information content (AvgIpc) is 2.39. The monoisotopic (exact) mass is 242 g/mol. The van der Waals surface area contributed by atoms with E-state index in [9.17, 15) is 0 Å². The van der Waals surface area contributed by atoms with Gasteiger partial charge in [-0.3, -0.25) is 0 Å². The van der Waals surface area contributed by atoms with Gasteiger partial charge in [-0.25, -0.2) is 4.98 Å². The largest absolute Gasteiger partial charge is 0.302 e. The molecule has 0 aromatic carbocycles. The molecule has 0 radical (unpaired) electrons. The quantitative estimate of drug-likeness (QED) is 0.805. The highest BCUT2D eigenvalue weighted by atomic mass is 15.1. The Bertz CT molecular complexity index is 472. The maximum atomic E-state index is 4.68. The van der Waals surface area contributed by atoms with Gasteiger partial charge in [-0.05, 0) is 48.7 Å². The molecule has 96 valence electrons. The lowest BCUT2D eigenvalue weighted by atomic mass is 9.98. The Hall–Kier alpha value is -1.41. The first-order valence-corrected chi connectivity index (χ1v) is 6.62. The van der Waals surface area contributed by atoms with Gasteiger partial charge < -0.3 is 4.90 Å². The topological polar surface area (TPSA) is 16.1 Å². The number of likely N-dealkylation sites (N-methyl/N-ethyl adjacent to an activating group) is 1. The number of hydrogen-bond donors (Lipinski definition) is 0. The highest BCUT2D eigenvalue weighted by molar-refractivity contribution is 5.65. The minimum absolute atomic E-state index is 0.525. The standard InChI is InChI=1S/C16H22N2/c1-5-15-10-14(12(2)3)11-16(17-15)13-6-8-18(4)9-7-13/h5-6,10-12H,1,7-9H2,2-4H3. The summed E-state index contributed by atoms with van der Waals surface area (Å²) < 4.78 is 0. The number of rotatable bonds is 3. The van der Waals surface area contributed by atoms with Gasteiger partial charge in [0.15, 0.2) is 0 Å². The molecule has 0 bridgehead atoms. The lowest BCUT2D eigenvalue weighted by Crippen LogP contribution is -2.24. The molecular formula is C16H22N2. The fourth-order valence-corrected chi connectivity index (χ4v) is 2.18. The molecule has 0 saturated heterocycles. The van der Waals surface area contributed by atoms with Crippen molar-refractivity contribution in [3.63, 3.8) is 0 Å². The van der Waals surface area contributed by atoms with Crippen molar-refractivity contribution in [2.75, 3.05) is 20.1 Å². The van der Waals surface area contributed by atoms with Crippen LogP contribution in [-0.4, -0.2) is 30.0 Å². The Morgan fingerprint density at radius 2 is 2.17 bits per heavy atom. The van der Waals surface area contributed by atoms with Gasteiger partial charge in [-0.15, -0.1) is 0 Å². The second-order valence-corrected chi connectivity index (χ2v) is 5.31. The third kappa shape index (κ3) is 2.88. The first-order chi connectivity index (χ1) is 8.60. The fourth-order valence-electron chi connectivity index (χ4n) is 2.18. The molecule has 2 rings (SSSR count). The summed E-state index contributed by atoms with van der Waals surface area (Å²) in [7, 11) is 2.15. The number of hydrogen-bond acceptors (Lipinski definition) is 2. The molecule has 1 aromatic heterocycles. The van der Waals surface area contributed by atoms with E-state index in [1.54, 1.807) is 0 Å². The first-order valence-electron chi connectivity index (χ1n) is 6.62. The van der Waals surface area contributed by atoms with Gasteiger partial charge in [-0.1, -0.05) is 26.5 Å². The van der Waals surface area contributed by atoms with Crippen molar-refractivity contribution in [1.29, 1.82) is 0 Å². The van der Waals surface area contributed by atoms with E-state index in [2.05, 4.69) is 55.6 Å². The predicted octanol–water partition coefficient (Wildman–Crippen LogP) is 3.57. The van der Waals surface area contributed by atoms with E-state index in [0.717, 1.165) is 30.9 Å². The Labute approximate surface area is 110 Å². The minimum atomic E-state index is 0.525. The number of pyridine rings is 1. The van der Waals surface area contributed by atoms with Gasteiger partial charge >= 0.3 is 0 Å². The van der Waals surface area contributed by atoms with Crippen LogP contribution in [0.15, 0.2) is 24.8 Å². The van der Waals surface area contributed by atoms with E-state index < -0.39 is 0 Å². The van der Waals surface area contributed by atoms with E-state index in [0.29, 0.717) is 5.92 Å². The molecule has 1 aliphatic rings. The molecule has 0 fully saturated rings. The zero-order valence-electron chi connectivity index (χ0n) is 11.6. The molecule has 0 atom stereocenters. The van der Waals surface area contributed by atoms with E-state index >= 15 is 0 Å². The number of nitrogens with zero attached hydrogens (tertiary/aromatic N) is 2. The Balaban J connectivity index is 2.38. The molecule has 2 nitrogen and oxygen atoms in total. The maximum Gasteiger partial charge on any atom is 0.0669 e. The SMILES string of the molecule is C=Cc1cc(C(C)C)cc(C2=CCN(C)CC2)n1. The second kappa shape index (κ2) is 5.49. The summed E-state index contributed by atoms with van der Waals surface area (Å²) in [4.78, 5) is 7.00. The Kier molecular flexibility index (Phi) is 3.97. The van der Waals surface area contributed by atoms with Crippen LogP contribution in [0.25, 0.3) is 11.6 Å². The summed E-state index contributed by atoms with van der Waals surface area (Å²) in [6, 6.07) is 4.37. The van der Waals surface area contributed by atoms with Crippen molar-refractivity contribution in [3.05, 3.63) is 41.7 Å². The van der Waals surface area contributed by atoms with Gasteiger partial charge in [-0.2, -0.15) is 0 Å². The summed E-state index contributed by atoms with van der Waals surface area (Å²) in [6.07, 6.45) is 5.22. The molecule has 0 amide bonds. The normalized spacial score (nSPS) is 16.8. The van der Waals surface area contributed by atoms with Crippen molar-refractivity contribution in [1.82, 2.24) is 9.88 Å². The molecule has 1 aromatic rings. The van der Waals surface area contributed by atoms with Gasteiger partial charge in [0.1, 0.15) is 0 Å². The van der Waals surface area contributed by atoms with Crippen LogP contribution < -0.4 is 0 Å². The molecular weight excluding hydrogens is 220 g/mol. The highest BCUT2D eigenvalue weighted by Crippen LogP contribution is 2.24. The van der Waals surface area contributed by atoms with E-state index in [1.807, 2.05) is 6.08 Å². The summed E-state index contributed by atoms with van der Waals surface area (Å²) >= 11 is 0. The molecule has 18 heavy (non-hydrogen) atoms. The van der Waals surface area contributed by atoms with Crippen molar-refractivity contribution < 1.29 is 0 Å². The number of aromatic nitrogens is 1. The summed E-state index contributed by atoms with van der Waals surface area (Å²) in [6.45, 7) is 10.4. The second-order valence-electron chi connectivity index (χ2n) is 5.31. The summed E-state index contributed by atoms with van der Waals surface area (Å²) in [5.74, 6) is 0.525.